The molecule has 1 N–H and O–H groups in total. The van der Waals surface area contributed by atoms with E-state index in [4.69, 9.17) is 0 Å². The predicted molar refractivity (Wildman–Crippen MR) is 77.7 cm³/mol. The molecule has 1 heterocycles. The van der Waals surface area contributed by atoms with Gasteiger partial charge in [-0.05, 0) is 57.5 Å². The number of nitrogens with zero attached hydrogens (tertiary/aromatic N) is 1. The highest BCUT2D eigenvalue weighted by Gasteiger charge is 2.75. The second-order valence-electron chi connectivity index (χ2n) is 7.91. The van der Waals surface area contributed by atoms with Crippen molar-refractivity contribution in [2.24, 2.45) is 22.7 Å². The standard InChI is InChI=1S/C17H25NO3/c1-18-5-2-4-16-12-7-11(8-14(16)20)10-17(16,15(21)9-12)13(19)3-6-18/h11-13,19H,2-10H2,1H3/t11-,12-,13+,16+,17-/m1/s1. The minimum absolute atomic E-state index is 0.195. The smallest absolute Gasteiger partial charge is 0.142 e. The molecule has 4 nitrogen and oxygen atoms in total. The highest BCUT2D eigenvalue weighted by molar-refractivity contribution is 6.02. The number of rotatable bonds is 0. The molecular weight excluding hydrogens is 266 g/mol. The molecule has 0 unspecified atom stereocenters. The molecule has 21 heavy (non-hydrogen) atoms. The Bertz CT molecular complexity index is 496. The summed E-state index contributed by atoms with van der Waals surface area (Å²) in [7, 11) is 2.07. The summed E-state index contributed by atoms with van der Waals surface area (Å²) in [5.41, 5.74) is -1.26. The maximum Gasteiger partial charge on any atom is 0.142 e. The number of carbonyl (C=O) groups excluding carboxylic acids is 2. The van der Waals surface area contributed by atoms with Gasteiger partial charge in [0, 0.05) is 24.8 Å². The predicted octanol–water partition coefficient (Wildman–Crippen LogP) is 1.41. The van der Waals surface area contributed by atoms with Crippen LogP contribution in [0.5, 0.6) is 0 Å². The molecule has 1 saturated heterocycles. The normalized spacial score (nSPS) is 50.5. The topological polar surface area (TPSA) is 57.6 Å². The molecule has 0 aromatic heterocycles. The minimum atomic E-state index is -0.735. The molecule has 5 atom stereocenters. The molecule has 5 rings (SSSR count). The molecule has 5 aliphatic rings. The van der Waals surface area contributed by atoms with Gasteiger partial charge in [-0.3, -0.25) is 9.59 Å². The molecule has 1 spiro atoms. The molecule has 0 aromatic carbocycles. The summed E-state index contributed by atoms with van der Waals surface area (Å²) >= 11 is 0. The Hall–Kier alpha value is -0.740. The van der Waals surface area contributed by atoms with Crippen molar-refractivity contribution in [2.45, 2.75) is 51.0 Å². The lowest BCUT2D eigenvalue weighted by Crippen LogP contribution is -2.63. The summed E-state index contributed by atoms with van der Waals surface area (Å²) in [4.78, 5) is 28.1. The number of aliphatic hydroxyl groups excluding tert-OH is 1. The van der Waals surface area contributed by atoms with Gasteiger partial charge in [-0.1, -0.05) is 0 Å². The Balaban J connectivity index is 1.86. The van der Waals surface area contributed by atoms with Gasteiger partial charge in [-0.2, -0.15) is 0 Å². The van der Waals surface area contributed by atoms with Crippen molar-refractivity contribution in [1.29, 1.82) is 0 Å². The number of aliphatic hydroxyl groups is 1. The van der Waals surface area contributed by atoms with Crippen LogP contribution >= 0.6 is 0 Å². The first-order chi connectivity index (χ1) is 10.0. The molecule has 1 aliphatic heterocycles. The van der Waals surface area contributed by atoms with Gasteiger partial charge < -0.3 is 10.0 Å². The van der Waals surface area contributed by atoms with Crippen LogP contribution in [0.4, 0.5) is 0 Å². The van der Waals surface area contributed by atoms with Crippen molar-refractivity contribution in [2.75, 3.05) is 20.1 Å². The summed E-state index contributed by atoms with van der Waals surface area (Å²) in [6, 6.07) is 0. The Kier molecular flexibility index (Phi) is 2.90. The Morgan fingerprint density at radius 2 is 1.90 bits per heavy atom. The first-order valence-electron chi connectivity index (χ1n) is 8.44. The second-order valence-corrected chi connectivity index (χ2v) is 7.91. The van der Waals surface area contributed by atoms with Gasteiger partial charge in [0.05, 0.1) is 11.5 Å². The van der Waals surface area contributed by atoms with Crippen LogP contribution in [0.1, 0.15) is 44.9 Å². The third-order valence-electron chi connectivity index (χ3n) is 7.09. The largest absolute Gasteiger partial charge is 0.392 e. The maximum absolute atomic E-state index is 12.9. The fourth-order valence-electron chi connectivity index (χ4n) is 6.31. The van der Waals surface area contributed by atoms with Gasteiger partial charge in [-0.15, -0.1) is 0 Å². The summed E-state index contributed by atoms with van der Waals surface area (Å²) in [5.74, 6) is 1.04. The third-order valence-corrected chi connectivity index (χ3v) is 7.09. The van der Waals surface area contributed by atoms with Crippen molar-refractivity contribution in [3.05, 3.63) is 0 Å². The van der Waals surface area contributed by atoms with Gasteiger partial charge in [-0.25, -0.2) is 0 Å². The number of hydrogen-bond donors (Lipinski definition) is 1. The van der Waals surface area contributed by atoms with Crippen LogP contribution in [0, 0.1) is 22.7 Å². The van der Waals surface area contributed by atoms with E-state index in [1.807, 2.05) is 0 Å². The summed E-state index contributed by atoms with van der Waals surface area (Å²) < 4.78 is 0. The van der Waals surface area contributed by atoms with Gasteiger partial charge in [0.25, 0.3) is 0 Å². The van der Waals surface area contributed by atoms with Crippen LogP contribution < -0.4 is 0 Å². The summed E-state index contributed by atoms with van der Waals surface area (Å²) in [6.45, 7) is 1.78. The zero-order chi connectivity index (χ0) is 14.8. The number of carbonyl (C=O) groups is 2. The zero-order valence-corrected chi connectivity index (χ0v) is 12.8. The molecule has 4 heteroatoms. The number of ketones is 2. The number of Topliss-reactive ketones (excluding diaryl/α,β-unsaturated/α-hetero) is 2. The maximum atomic E-state index is 12.9. The first kappa shape index (κ1) is 13.9. The van der Waals surface area contributed by atoms with E-state index in [0.29, 0.717) is 31.0 Å². The zero-order valence-electron chi connectivity index (χ0n) is 12.8. The van der Waals surface area contributed by atoms with Gasteiger partial charge in [0.2, 0.25) is 0 Å². The Morgan fingerprint density at radius 1 is 1.14 bits per heavy atom. The lowest BCUT2D eigenvalue weighted by molar-refractivity contribution is -0.180. The van der Waals surface area contributed by atoms with Crippen LogP contribution in [0.2, 0.25) is 0 Å². The van der Waals surface area contributed by atoms with E-state index in [1.165, 1.54) is 0 Å². The number of hydrogen-bond acceptors (Lipinski definition) is 4. The average Bonchev–Trinajstić information content (AvgIpc) is 2.62. The fourth-order valence-corrected chi connectivity index (χ4v) is 6.31. The van der Waals surface area contributed by atoms with E-state index in [1.54, 1.807) is 0 Å². The van der Waals surface area contributed by atoms with E-state index < -0.39 is 16.9 Å². The molecule has 4 aliphatic carbocycles. The Labute approximate surface area is 125 Å². The monoisotopic (exact) mass is 291 g/mol. The van der Waals surface area contributed by atoms with Gasteiger partial charge in [0.1, 0.15) is 11.6 Å². The van der Waals surface area contributed by atoms with Crippen LogP contribution in [0.15, 0.2) is 0 Å². The molecule has 4 bridgehead atoms. The van der Waals surface area contributed by atoms with Crippen molar-refractivity contribution < 1.29 is 14.7 Å². The molecule has 0 aromatic rings. The van der Waals surface area contributed by atoms with Crippen molar-refractivity contribution in [3.63, 3.8) is 0 Å². The second kappa shape index (κ2) is 4.39. The first-order valence-corrected chi connectivity index (χ1v) is 8.44. The van der Waals surface area contributed by atoms with Gasteiger partial charge >= 0.3 is 0 Å². The molecule has 5 fully saturated rings. The van der Waals surface area contributed by atoms with E-state index in [-0.39, 0.29) is 11.7 Å². The fraction of sp³-hybridized carbons (Fsp3) is 0.882. The lowest BCUT2D eigenvalue weighted by Gasteiger charge is -2.58. The van der Waals surface area contributed by atoms with Crippen molar-refractivity contribution >= 4 is 11.6 Å². The molecule has 0 radical (unpaired) electrons. The summed E-state index contributed by atoms with van der Waals surface area (Å²) in [6.07, 6.45) is 4.73. The highest BCUT2D eigenvalue weighted by Crippen LogP contribution is 2.71. The van der Waals surface area contributed by atoms with Gasteiger partial charge in [0.15, 0.2) is 0 Å². The molecular formula is C17H25NO3. The van der Waals surface area contributed by atoms with Crippen molar-refractivity contribution in [1.82, 2.24) is 4.90 Å². The van der Waals surface area contributed by atoms with Crippen molar-refractivity contribution in [3.8, 4) is 0 Å². The van der Waals surface area contributed by atoms with E-state index in [0.717, 1.165) is 38.8 Å². The van der Waals surface area contributed by atoms with E-state index in [2.05, 4.69) is 11.9 Å². The minimum Gasteiger partial charge on any atom is -0.392 e. The van der Waals surface area contributed by atoms with Crippen LogP contribution in [0.25, 0.3) is 0 Å². The van der Waals surface area contributed by atoms with Crippen LogP contribution in [-0.2, 0) is 9.59 Å². The Morgan fingerprint density at radius 3 is 2.71 bits per heavy atom. The lowest BCUT2D eigenvalue weighted by atomic mass is 9.43. The van der Waals surface area contributed by atoms with E-state index in [9.17, 15) is 14.7 Å². The average molecular weight is 291 g/mol. The van der Waals surface area contributed by atoms with Crippen LogP contribution in [-0.4, -0.2) is 47.8 Å². The molecule has 0 amide bonds. The number of fused-ring (bicyclic) bond motifs is 1. The summed E-state index contributed by atoms with van der Waals surface area (Å²) in [5, 5.41) is 10.9. The quantitative estimate of drug-likeness (QED) is 0.733. The van der Waals surface area contributed by atoms with Crippen LogP contribution in [0.3, 0.4) is 0 Å². The third kappa shape index (κ3) is 1.53. The molecule has 4 saturated carbocycles. The van der Waals surface area contributed by atoms with E-state index >= 15 is 0 Å². The highest BCUT2D eigenvalue weighted by atomic mass is 16.3. The molecule has 116 valence electrons. The SMILES string of the molecule is CN1CCC[C@@]23C(=O)C[C@H]4C[C@@H]2CC(=O)[C@@]3(C4)[C@@H](O)CC1.